The van der Waals surface area contributed by atoms with Crippen molar-refractivity contribution in [3.63, 3.8) is 0 Å². The first-order valence-corrected chi connectivity index (χ1v) is 5.66. The highest BCUT2D eigenvalue weighted by atomic mass is 79.9. The van der Waals surface area contributed by atoms with E-state index in [0.29, 0.717) is 0 Å². The van der Waals surface area contributed by atoms with E-state index in [0.717, 1.165) is 22.2 Å². The normalized spacial score (nSPS) is 11.3. The summed E-state index contributed by atoms with van der Waals surface area (Å²) in [6.07, 6.45) is 2.78. The van der Waals surface area contributed by atoms with Crippen LogP contribution in [0.3, 0.4) is 0 Å². The van der Waals surface area contributed by atoms with E-state index in [1.807, 2.05) is 44.2 Å². The molecule has 1 aromatic rings. The summed E-state index contributed by atoms with van der Waals surface area (Å²) in [4.78, 5) is 11.6. The Morgan fingerprint density at radius 1 is 1.53 bits per heavy atom. The second-order valence-electron chi connectivity index (χ2n) is 3.26. The number of amides is 1. The molecule has 1 N–H and O–H groups in total. The largest absolute Gasteiger partial charge is 0.322 e. The summed E-state index contributed by atoms with van der Waals surface area (Å²) >= 11 is 3.35. The number of hydrogen-bond donors (Lipinski definition) is 1. The molecule has 0 saturated heterocycles. The van der Waals surface area contributed by atoms with E-state index in [1.165, 1.54) is 0 Å². The smallest absolute Gasteiger partial charge is 0.250 e. The number of allylic oxidation sites excluding steroid dienone is 1. The van der Waals surface area contributed by atoms with Gasteiger partial charge < -0.3 is 5.32 Å². The zero-order chi connectivity index (χ0) is 11.3. The van der Waals surface area contributed by atoms with Gasteiger partial charge >= 0.3 is 0 Å². The van der Waals surface area contributed by atoms with Crippen LogP contribution in [0.25, 0.3) is 0 Å². The van der Waals surface area contributed by atoms with E-state index in [4.69, 9.17) is 0 Å². The highest BCUT2D eigenvalue weighted by Crippen LogP contribution is 2.16. The molecule has 1 aromatic carbocycles. The number of carbonyl (C=O) groups is 1. The summed E-state index contributed by atoms with van der Waals surface area (Å²) in [5.74, 6) is -0.0463. The molecule has 0 heterocycles. The molecule has 80 valence electrons. The minimum Gasteiger partial charge on any atom is -0.322 e. The van der Waals surface area contributed by atoms with Gasteiger partial charge in [-0.1, -0.05) is 35.0 Å². The molecule has 3 heteroatoms. The first kappa shape index (κ1) is 12.0. The van der Waals surface area contributed by atoms with E-state index in [9.17, 15) is 4.79 Å². The topological polar surface area (TPSA) is 29.1 Å². The average molecular weight is 268 g/mol. The Morgan fingerprint density at radius 3 is 2.87 bits per heavy atom. The highest BCUT2D eigenvalue weighted by Gasteiger charge is 2.03. The number of hydrogen-bond acceptors (Lipinski definition) is 1. The van der Waals surface area contributed by atoms with Crippen LogP contribution in [0, 0.1) is 0 Å². The van der Waals surface area contributed by atoms with Crippen molar-refractivity contribution in [3.8, 4) is 0 Å². The Bertz CT molecular complexity index is 385. The lowest BCUT2D eigenvalue weighted by Crippen LogP contribution is -2.12. The standard InChI is InChI=1S/C12H14BrNO/c1-3-5-9(2)12(15)14-11-7-4-6-10(13)8-11/h4-8H,3H2,1-2H3,(H,14,15)/b9-5+. The quantitative estimate of drug-likeness (QED) is 0.831. The van der Waals surface area contributed by atoms with Crippen molar-refractivity contribution in [2.24, 2.45) is 0 Å². The minimum absolute atomic E-state index is 0.0463. The van der Waals surface area contributed by atoms with Gasteiger partial charge in [0.1, 0.15) is 0 Å². The third-order valence-electron chi connectivity index (χ3n) is 1.95. The SMILES string of the molecule is CC/C=C(\C)C(=O)Nc1cccc(Br)c1. The van der Waals surface area contributed by atoms with E-state index in [2.05, 4.69) is 21.2 Å². The second-order valence-corrected chi connectivity index (χ2v) is 4.18. The Hall–Kier alpha value is -1.09. The van der Waals surface area contributed by atoms with E-state index in [-0.39, 0.29) is 5.91 Å². The Balaban J connectivity index is 2.70. The number of rotatable bonds is 3. The van der Waals surface area contributed by atoms with Gasteiger partial charge in [0.25, 0.3) is 5.91 Å². The molecule has 0 spiro atoms. The maximum absolute atomic E-state index is 11.6. The van der Waals surface area contributed by atoms with Crippen molar-refractivity contribution in [3.05, 3.63) is 40.4 Å². The van der Waals surface area contributed by atoms with Crippen molar-refractivity contribution < 1.29 is 4.79 Å². The number of carbonyl (C=O) groups excluding carboxylic acids is 1. The maximum Gasteiger partial charge on any atom is 0.250 e. The van der Waals surface area contributed by atoms with Crippen LogP contribution < -0.4 is 5.32 Å². The van der Waals surface area contributed by atoms with Crippen molar-refractivity contribution in [1.29, 1.82) is 0 Å². The Labute approximate surface area is 98.5 Å². The molecule has 0 atom stereocenters. The molecule has 0 aliphatic rings. The van der Waals surface area contributed by atoms with Crippen molar-refractivity contribution in [1.82, 2.24) is 0 Å². The van der Waals surface area contributed by atoms with Gasteiger partial charge in [-0.3, -0.25) is 4.79 Å². The monoisotopic (exact) mass is 267 g/mol. The lowest BCUT2D eigenvalue weighted by Gasteiger charge is -2.05. The van der Waals surface area contributed by atoms with Gasteiger partial charge in [-0.2, -0.15) is 0 Å². The zero-order valence-corrected chi connectivity index (χ0v) is 10.5. The Morgan fingerprint density at radius 2 is 2.27 bits per heavy atom. The second kappa shape index (κ2) is 5.71. The lowest BCUT2D eigenvalue weighted by molar-refractivity contribution is -0.112. The number of benzene rings is 1. The van der Waals surface area contributed by atoms with Gasteiger partial charge in [0.15, 0.2) is 0 Å². The molecule has 0 radical (unpaired) electrons. The predicted octanol–water partition coefficient (Wildman–Crippen LogP) is 3.74. The zero-order valence-electron chi connectivity index (χ0n) is 8.88. The first-order valence-electron chi connectivity index (χ1n) is 4.87. The molecule has 1 amide bonds. The van der Waals surface area contributed by atoms with Gasteiger partial charge in [-0.05, 0) is 31.5 Å². The van der Waals surface area contributed by atoms with E-state index >= 15 is 0 Å². The van der Waals surface area contributed by atoms with E-state index < -0.39 is 0 Å². The van der Waals surface area contributed by atoms with Gasteiger partial charge in [0.2, 0.25) is 0 Å². The fraction of sp³-hybridized carbons (Fsp3) is 0.250. The molecule has 0 unspecified atom stereocenters. The van der Waals surface area contributed by atoms with Gasteiger partial charge in [0.05, 0.1) is 0 Å². The molecule has 0 aliphatic heterocycles. The number of nitrogens with one attached hydrogen (secondary N) is 1. The number of anilines is 1. The molecule has 15 heavy (non-hydrogen) atoms. The highest BCUT2D eigenvalue weighted by molar-refractivity contribution is 9.10. The van der Waals surface area contributed by atoms with Crippen molar-refractivity contribution in [2.75, 3.05) is 5.32 Å². The van der Waals surface area contributed by atoms with Crippen LogP contribution in [0.15, 0.2) is 40.4 Å². The van der Waals surface area contributed by atoms with Crippen LogP contribution in [0.1, 0.15) is 20.3 Å². The molecule has 0 fully saturated rings. The fourth-order valence-electron chi connectivity index (χ4n) is 1.19. The summed E-state index contributed by atoms with van der Waals surface area (Å²) < 4.78 is 0.956. The molecule has 2 nitrogen and oxygen atoms in total. The predicted molar refractivity (Wildman–Crippen MR) is 66.8 cm³/mol. The summed E-state index contributed by atoms with van der Waals surface area (Å²) in [6, 6.07) is 7.54. The molecule has 0 saturated carbocycles. The molecule has 0 aliphatic carbocycles. The van der Waals surface area contributed by atoms with Crippen LogP contribution in [0.4, 0.5) is 5.69 Å². The third-order valence-corrected chi connectivity index (χ3v) is 2.44. The summed E-state index contributed by atoms with van der Waals surface area (Å²) in [6.45, 7) is 3.83. The van der Waals surface area contributed by atoms with Crippen LogP contribution in [0.2, 0.25) is 0 Å². The lowest BCUT2D eigenvalue weighted by atomic mass is 10.2. The molecule has 1 rings (SSSR count). The molecular weight excluding hydrogens is 254 g/mol. The molecular formula is C12H14BrNO. The summed E-state index contributed by atoms with van der Waals surface area (Å²) in [5.41, 5.74) is 1.55. The Kier molecular flexibility index (Phi) is 4.56. The van der Waals surface area contributed by atoms with Crippen LogP contribution in [-0.2, 0) is 4.79 Å². The third kappa shape index (κ3) is 3.88. The first-order chi connectivity index (χ1) is 7.13. The fourth-order valence-corrected chi connectivity index (χ4v) is 1.59. The molecule has 0 bridgehead atoms. The van der Waals surface area contributed by atoms with Gasteiger partial charge in [-0.25, -0.2) is 0 Å². The van der Waals surface area contributed by atoms with Gasteiger partial charge in [-0.15, -0.1) is 0 Å². The summed E-state index contributed by atoms with van der Waals surface area (Å²) in [5, 5.41) is 2.83. The minimum atomic E-state index is -0.0463. The van der Waals surface area contributed by atoms with Crippen molar-refractivity contribution in [2.45, 2.75) is 20.3 Å². The van der Waals surface area contributed by atoms with Gasteiger partial charge in [0, 0.05) is 15.7 Å². The van der Waals surface area contributed by atoms with Crippen LogP contribution in [0.5, 0.6) is 0 Å². The van der Waals surface area contributed by atoms with Crippen molar-refractivity contribution >= 4 is 27.5 Å². The van der Waals surface area contributed by atoms with Crippen LogP contribution in [-0.4, -0.2) is 5.91 Å². The summed E-state index contributed by atoms with van der Waals surface area (Å²) in [7, 11) is 0. The number of halogens is 1. The van der Waals surface area contributed by atoms with E-state index in [1.54, 1.807) is 0 Å². The average Bonchev–Trinajstić information content (AvgIpc) is 2.18. The van der Waals surface area contributed by atoms with Crippen LogP contribution >= 0.6 is 15.9 Å². The maximum atomic E-state index is 11.6. The molecule has 0 aromatic heterocycles.